The SMILES string of the molecule is Cc1c(C(Nc2ccc(C(=O)N(C)CCC(=O)OC(c3oc4ccc(OCc5ccccc5)cc4c3C)C3CCCCC3)cc2)C2CCCCC2)oc2ccc(OCc3ccccc3)cc12. The first-order valence-electron chi connectivity index (χ1n) is 24.0. The zero-order valence-electron chi connectivity index (χ0n) is 38.6. The van der Waals surface area contributed by atoms with Crippen molar-refractivity contribution in [2.45, 2.75) is 110 Å². The first-order valence-corrected chi connectivity index (χ1v) is 24.0. The number of esters is 1. The molecule has 2 aromatic heterocycles. The Morgan fingerprint density at radius 3 is 1.71 bits per heavy atom. The predicted molar refractivity (Wildman–Crippen MR) is 260 cm³/mol. The van der Waals surface area contributed by atoms with Crippen LogP contribution in [0.15, 0.2) is 130 Å². The number of nitrogens with one attached hydrogen (secondary N) is 1. The van der Waals surface area contributed by atoms with Gasteiger partial charge in [0, 0.05) is 52.7 Å². The zero-order chi connectivity index (χ0) is 45.4. The van der Waals surface area contributed by atoms with Gasteiger partial charge in [0.25, 0.3) is 5.91 Å². The van der Waals surface area contributed by atoms with E-state index in [1.54, 1.807) is 11.9 Å². The largest absolute Gasteiger partial charge is 0.489 e. The van der Waals surface area contributed by atoms with Gasteiger partial charge < -0.3 is 33.3 Å². The second-order valence-corrected chi connectivity index (χ2v) is 18.4. The molecule has 0 aliphatic heterocycles. The van der Waals surface area contributed by atoms with Crippen molar-refractivity contribution in [1.29, 1.82) is 0 Å². The molecular formula is C57H62N2O7. The van der Waals surface area contributed by atoms with Crippen LogP contribution < -0.4 is 14.8 Å². The minimum atomic E-state index is -0.503. The van der Waals surface area contributed by atoms with Crippen LogP contribution in [0.2, 0.25) is 0 Å². The Bertz CT molecular complexity index is 2710. The van der Waals surface area contributed by atoms with Crippen molar-refractivity contribution in [2.75, 3.05) is 18.9 Å². The number of hydrogen-bond acceptors (Lipinski definition) is 8. The summed E-state index contributed by atoms with van der Waals surface area (Å²) in [4.78, 5) is 29.0. The van der Waals surface area contributed by atoms with Gasteiger partial charge in [-0.3, -0.25) is 9.59 Å². The molecule has 342 valence electrons. The van der Waals surface area contributed by atoms with Gasteiger partial charge in [0.15, 0.2) is 6.10 Å². The molecule has 0 spiro atoms. The standard InChI is InChI=1S/C57H62N2O7/c1-38-48-34-46(62-36-40-16-8-4-9-17-40)28-30-50(48)64-54(38)53(42-20-12-6-13-21-42)58-45-26-24-44(25-27-45)57(61)59(3)33-32-52(60)66-56(43-22-14-7-15-23-43)55-39(2)49-35-47(29-31-51(49)65-55)63-37-41-18-10-5-11-19-41/h4-5,8-11,16-19,24-31,34-35,42-43,53,56,58H,6-7,12-15,20-23,32-33,36-37H2,1-3H3. The second-order valence-electron chi connectivity index (χ2n) is 18.4. The summed E-state index contributed by atoms with van der Waals surface area (Å²) in [5.74, 6) is 3.28. The normalized spacial score (nSPS) is 15.6. The molecule has 0 bridgehead atoms. The van der Waals surface area contributed by atoms with E-state index in [2.05, 4.69) is 30.4 Å². The molecule has 5 aromatic carbocycles. The Hall–Kier alpha value is -6.48. The van der Waals surface area contributed by atoms with Crippen LogP contribution in [0.1, 0.15) is 127 Å². The zero-order valence-corrected chi connectivity index (χ0v) is 38.6. The number of rotatable bonds is 17. The fourth-order valence-electron chi connectivity index (χ4n) is 10.0. The van der Waals surface area contributed by atoms with Crippen LogP contribution in [0.4, 0.5) is 5.69 Å². The molecule has 9 nitrogen and oxygen atoms in total. The first-order chi connectivity index (χ1) is 32.3. The summed E-state index contributed by atoms with van der Waals surface area (Å²) < 4.78 is 31.8. The maximum atomic E-state index is 13.8. The molecular weight excluding hydrogens is 825 g/mol. The fourth-order valence-corrected chi connectivity index (χ4v) is 10.0. The Morgan fingerprint density at radius 2 is 1.15 bits per heavy atom. The number of anilines is 1. The van der Waals surface area contributed by atoms with E-state index < -0.39 is 6.10 Å². The molecule has 2 atom stereocenters. The highest BCUT2D eigenvalue weighted by atomic mass is 16.6. The molecule has 1 N–H and O–H groups in total. The summed E-state index contributed by atoms with van der Waals surface area (Å²) >= 11 is 0. The Labute approximate surface area is 388 Å². The van der Waals surface area contributed by atoms with Crippen LogP contribution >= 0.6 is 0 Å². The number of furan rings is 2. The van der Waals surface area contributed by atoms with E-state index in [1.165, 1.54) is 25.7 Å². The first kappa shape index (κ1) is 44.7. The lowest BCUT2D eigenvalue weighted by atomic mass is 9.82. The van der Waals surface area contributed by atoms with Gasteiger partial charge in [0.05, 0.1) is 12.5 Å². The third-order valence-corrected chi connectivity index (χ3v) is 13.8. The predicted octanol–water partition coefficient (Wildman–Crippen LogP) is 14.0. The second kappa shape index (κ2) is 20.8. The van der Waals surface area contributed by atoms with Crippen molar-refractivity contribution in [1.82, 2.24) is 4.90 Å². The highest BCUT2D eigenvalue weighted by Crippen LogP contribution is 2.43. The van der Waals surface area contributed by atoms with E-state index in [-0.39, 0.29) is 36.8 Å². The fraction of sp³-hybridized carbons (Fsp3) is 0.368. The van der Waals surface area contributed by atoms with E-state index in [0.29, 0.717) is 30.5 Å². The number of hydrogen-bond donors (Lipinski definition) is 1. The highest BCUT2D eigenvalue weighted by Gasteiger charge is 2.34. The molecule has 2 fully saturated rings. The minimum Gasteiger partial charge on any atom is -0.489 e. The summed E-state index contributed by atoms with van der Waals surface area (Å²) in [5, 5.41) is 5.83. The van der Waals surface area contributed by atoms with E-state index in [0.717, 1.165) is 106 Å². The molecule has 7 aromatic rings. The lowest BCUT2D eigenvalue weighted by Gasteiger charge is -2.31. The van der Waals surface area contributed by atoms with E-state index in [1.807, 2.05) is 110 Å². The van der Waals surface area contributed by atoms with Crippen molar-refractivity contribution in [3.8, 4) is 11.5 Å². The number of benzene rings is 5. The van der Waals surface area contributed by atoms with Crippen molar-refractivity contribution in [2.24, 2.45) is 11.8 Å². The summed E-state index contributed by atoms with van der Waals surface area (Å²) in [7, 11) is 1.74. The number of fused-ring (bicyclic) bond motifs is 2. The Morgan fingerprint density at radius 1 is 0.636 bits per heavy atom. The van der Waals surface area contributed by atoms with Crippen molar-refractivity contribution in [3.05, 3.63) is 161 Å². The monoisotopic (exact) mass is 886 g/mol. The van der Waals surface area contributed by atoms with Crippen LogP contribution in [-0.4, -0.2) is 30.4 Å². The maximum Gasteiger partial charge on any atom is 0.308 e. The van der Waals surface area contributed by atoms with Gasteiger partial charge in [-0.2, -0.15) is 0 Å². The van der Waals surface area contributed by atoms with Gasteiger partial charge in [0.1, 0.15) is 47.4 Å². The highest BCUT2D eigenvalue weighted by molar-refractivity contribution is 5.94. The molecule has 9 rings (SSSR count). The summed E-state index contributed by atoms with van der Waals surface area (Å²) in [5.41, 5.74) is 7.36. The number of carbonyl (C=O) groups excluding carboxylic acids is 2. The topological polar surface area (TPSA) is 103 Å². The number of ether oxygens (including phenoxy) is 3. The van der Waals surface area contributed by atoms with Gasteiger partial charge in [-0.1, -0.05) is 99.2 Å². The Kier molecular flexibility index (Phi) is 14.1. The van der Waals surface area contributed by atoms with Gasteiger partial charge in [-0.25, -0.2) is 0 Å². The lowest BCUT2D eigenvalue weighted by molar-refractivity contribution is -0.154. The molecule has 2 saturated carbocycles. The number of aryl methyl sites for hydroxylation is 2. The third kappa shape index (κ3) is 10.5. The quantitative estimate of drug-likeness (QED) is 0.0902. The number of amides is 1. The van der Waals surface area contributed by atoms with Crippen LogP contribution in [0.25, 0.3) is 21.9 Å². The van der Waals surface area contributed by atoms with E-state index >= 15 is 0 Å². The van der Waals surface area contributed by atoms with Crippen molar-refractivity contribution >= 4 is 39.5 Å². The molecule has 0 radical (unpaired) electrons. The van der Waals surface area contributed by atoms with Gasteiger partial charge in [-0.15, -0.1) is 0 Å². The number of nitrogens with zero attached hydrogens (tertiary/aromatic N) is 1. The summed E-state index contributed by atoms with van der Waals surface area (Å²) in [6, 6.07) is 39.9. The molecule has 2 aliphatic carbocycles. The van der Waals surface area contributed by atoms with Gasteiger partial charge in [0.2, 0.25) is 0 Å². The molecule has 2 aliphatic rings. The molecule has 2 heterocycles. The molecule has 66 heavy (non-hydrogen) atoms. The molecule has 1 amide bonds. The van der Waals surface area contributed by atoms with E-state index in [4.69, 9.17) is 23.0 Å². The Balaban J connectivity index is 0.840. The third-order valence-electron chi connectivity index (χ3n) is 13.8. The summed E-state index contributed by atoms with van der Waals surface area (Å²) in [6.07, 6.45) is 10.7. The maximum absolute atomic E-state index is 13.8. The van der Waals surface area contributed by atoms with Crippen LogP contribution in [0.3, 0.4) is 0 Å². The van der Waals surface area contributed by atoms with Gasteiger partial charge >= 0.3 is 5.97 Å². The summed E-state index contributed by atoms with van der Waals surface area (Å²) in [6.45, 7) is 5.38. The minimum absolute atomic E-state index is 0.0289. The average molecular weight is 887 g/mol. The molecule has 2 unspecified atom stereocenters. The van der Waals surface area contributed by atoms with Crippen molar-refractivity contribution in [3.63, 3.8) is 0 Å². The molecule has 0 saturated heterocycles. The number of carbonyl (C=O) groups is 2. The van der Waals surface area contributed by atoms with Crippen LogP contribution in [0.5, 0.6) is 11.5 Å². The van der Waals surface area contributed by atoms with Crippen LogP contribution in [0, 0.1) is 25.7 Å². The van der Waals surface area contributed by atoms with E-state index in [9.17, 15) is 9.59 Å². The van der Waals surface area contributed by atoms with Crippen molar-refractivity contribution < 1.29 is 32.6 Å². The smallest absolute Gasteiger partial charge is 0.308 e. The van der Waals surface area contributed by atoms with Crippen LogP contribution in [-0.2, 0) is 22.7 Å². The molecule has 9 heteroatoms. The average Bonchev–Trinajstić information content (AvgIpc) is 3.88. The van der Waals surface area contributed by atoms with Gasteiger partial charge in [-0.05, 0) is 117 Å². The lowest BCUT2D eigenvalue weighted by Crippen LogP contribution is -2.30.